The van der Waals surface area contributed by atoms with Gasteiger partial charge in [-0.1, -0.05) is 0 Å². The van der Waals surface area contributed by atoms with Crippen molar-refractivity contribution in [2.24, 2.45) is 0 Å². The fourth-order valence-electron chi connectivity index (χ4n) is 8.20. The molecule has 49 heavy (non-hydrogen) atoms. The molecule has 0 bridgehead atoms. The smallest absolute Gasteiger partial charge is 0.378 e. The van der Waals surface area contributed by atoms with Gasteiger partial charge in [-0.05, 0) is 166 Å². The molecule has 284 valence electrons. The maximum absolute atomic E-state index is 8.32. The van der Waals surface area contributed by atoms with Crippen LogP contribution in [0, 0.1) is 0 Å². The summed E-state index contributed by atoms with van der Waals surface area (Å²) in [6.45, 7) is 56.5. The SMILES string of the molecule is CC(C)(C)O[Si]1([Si]2([Si]3(OC(C)(C)C)N(C(C)(C)C)C=CN3C(C)(C)C)N(C(C)(C)C)C=CN2C(C)(C)C)N(C(C)(C)C)C=CN1C(C)(C)C. The molecule has 0 saturated heterocycles. The van der Waals surface area contributed by atoms with Gasteiger partial charge in [-0.3, -0.25) is 0 Å². The van der Waals surface area contributed by atoms with Gasteiger partial charge in [0.25, 0.3) is 0 Å². The van der Waals surface area contributed by atoms with Gasteiger partial charge in [0.15, 0.2) is 0 Å². The summed E-state index contributed by atoms with van der Waals surface area (Å²) in [5, 5.41) is 0. The summed E-state index contributed by atoms with van der Waals surface area (Å²) >= 11 is 0. The lowest BCUT2D eigenvalue weighted by Gasteiger charge is -2.71. The maximum Gasteiger partial charge on any atom is 0.449 e. The Balaban J connectivity index is 3.00. The van der Waals surface area contributed by atoms with Crippen LogP contribution < -0.4 is 0 Å². The van der Waals surface area contributed by atoms with Crippen molar-refractivity contribution in [3.05, 3.63) is 37.2 Å². The van der Waals surface area contributed by atoms with Crippen LogP contribution in [0.15, 0.2) is 37.2 Å². The first kappa shape index (κ1) is 42.0. The second-order valence-electron chi connectivity index (χ2n) is 22.5. The average Bonchev–Trinajstić information content (AvgIpc) is 3.47. The molecule has 3 aliphatic rings. The van der Waals surface area contributed by atoms with Gasteiger partial charge in [-0.25, -0.2) is 0 Å². The highest BCUT2D eigenvalue weighted by Gasteiger charge is 2.93. The Morgan fingerprint density at radius 3 is 0.592 bits per heavy atom. The van der Waals surface area contributed by atoms with Crippen LogP contribution in [0.5, 0.6) is 0 Å². The molecule has 0 aromatic rings. The van der Waals surface area contributed by atoms with E-state index in [0.29, 0.717) is 0 Å². The molecule has 3 aliphatic heterocycles. The van der Waals surface area contributed by atoms with Crippen LogP contribution >= 0.6 is 0 Å². The van der Waals surface area contributed by atoms with E-state index in [9.17, 15) is 0 Å². The van der Waals surface area contributed by atoms with Crippen molar-refractivity contribution in [1.82, 2.24) is 27.4 Å². The summed E-state index contributed by atoms with van der Waals surface area (Å²) in [7, 11) is -10.6. The largest absolute Gasteiger partial charge is 0.449 e. The number of hydrogen-bond acceptors (Lipinski definition) is 8. The first-order chi connectivity index (χ1) is 21.3. The van der Waals surface area contributed by atoms with Crippen LogP contribution in [0.2, 0.25) is 0 Å². The summed E-state index contributed by atoms with van der Waals surface area (Å²) in [6.07, 6.45) is 14.5. The van der Waals surface area contributed by atoms with E-state index in [0.717, 1.165) is 0 Å². The topological polar surface area (TPSA) is 37.9 Å². The van der Waals surface area contributed by atoms with Crippen molar-refractivity contribution >= 4 is 23.7 Å². The van der Waals surface area contributed by atoms with Crippen LogP contribution in [0.4, 0.5) is 0 Å². The van der Waals surface area contributed by atoms with E-state index in [1.54, 1.807) is 0 Å². The summed E-state index contributed by atoms with van der Waals surface area (Å²) in [6, 6.07) is 0. The zero-order valence-corrected chi connectivity index (χ0v) is 39.5. The van der Waals surface area contributed by atoms with Crippen molar-refractivity contribution in [2.75, 3.05) is 0 Å². The minimum absolute atomic E-state index is 0.258. The lowest BCUT2D eigenvalue weighted by molar-refractivity contribution is 0.0493. The summed E-state index contributed by atoms with van der Waals surface area (Å²) in [4.78, 5) is 0. The second kappa shape index (κ2) is 11.8. The van der Waals surface area contributed by atoms with E-state index in [-0.39, 0.29) is 33.2 Å². The van der Waals surface area contributed by atoms with Gasteiger partial charge in [0, 0.05) is 70.4 Å². The maximum atomic E-state index is 8.32. The highest BCUT2D eigenvalue weighted by Crippen LogP contribution is 2.58. The third-order valence-electron chi connectivity index (χ3n) is 9.24. The van der Waals surface area contributed by atoms with E-state index >= 15 is 0 Å². The van der Waals surface area contributed by atoms with Crippen LogP contribution in [-0.4, -0.2) is 95.6 Å². The molecular weight excluding hydrogens is 657 g/mol. The predicted molar refractivity (Wildman–Crippen MR) is 216 cm³/mol. The fourth-order valence-corrected chi connectivity index (χ4v) is 52.2. The van der Waals surface area contributed by atoms with Crippen LogP contribution in [-0.2, 0) is 8.85 Å². The fraction of sp³-hybridized carbons (Fsp3) is 0.842. The van der Waals surface area contributed by atoms with E-state index in [1.807, 2.05) is 0 Å². The normalized spacial score (nSPS) is 22.0. The predicted octanol–water partition coefficient (Wildman–Crippen LogP) is 9.15. The molecule has 3 heterocycles. The molecule has 0 saturated carbocycles. The van der Waals surface area contributed by atoms with Gasteiger partial charge in [0.05, 0.1) is 11.2 Å². The molecule has 0 radical (unpaired) electrons. The number of hydrogen-bond donors (Lipinski definition) is 0. The number of rotatable bonds is 4. The lowest BCUT2D eigenvalue weighted by Crippen LogP contribution is -3.04. The Morgan fingerprint density at radius 1 is 0.286 bits per heavy atom. The Labute approximate surface area is 306 Å². The molecule has 0 N–H and O–H groups in total. The third kappa shape index (κ3) is 6.93. The molecule has 0 aromatic carbocycles. The Bertz CT molecular complexity index is 1160. The van der Waals surface area contributed by atoms with Gasteiger partial charge < -0.3 is 36.2 Å². The summed E-state index contributed by atoms with van der Waals surface area (Å²) in [5.41, 5.74) is -2.50. The van der Waals surface area contributed by atoms with Gasteiger partial charge >= 0.3 is 23.7 Å². The van der Waals surface area contributed by atoms with E-state index < -0.39 is 35.0 Å². The van der Waals surface area contributed by atoms with Crippen LogP contribution in [0.1, 0.15) is 166 Å². The van der Waals surface area contributed by atoms with Gasteiger partial charge in [0.2, 0.25) is 0 Å². The molecule has 8 nitrogen and oxygen atoms in total. The number of nitrogens with zero attached hydrogens (tertiary/aromatic N) is 6. The minimum atomic E-state index is -3.54. The standard InChI is InChI=1S/C38H78N6O2Si3/c1-31(2,3)39-25-26-40(32(4,5)6)47(39,45-37(19,20)21)49(43(35(13,14)15)29-30-44(49)36(16,17)18)48(46-38(22,23)24)41(33(7,8)9)27-28-42(48)34(10,11)12/h25-30H,1-24H3. The van der Waals surface area contributed by atoms with Crippen molar-refractivity contribution in [2.45, 2.75) is 211 Å². The zero-order valence-electron chi connectivity index (χ0n) is 36.5. The molecule has 0 aromatic heterocycles. The van der Waals surface area contributed by atoms with Gasteiger partial charge in [0.1, 0.15) is 0 Å². The highest BCUT2D eigenvalue weighted by atomic mass is 29.7. The summed E-state index contributed by atoms with van der Waals surface area (Å²) in [5.74, 6) is 0. The van der Waals surface area contributed by atoms with Gasteiger partial charge in [-0.15, -0.1) is 0 Å². The Kier molecular flexibility index (Phi) is 10.1. The molecule has 0 unspecified atom stereocenters. The van der Waals surface area contributed by atoms with Gasteiger partial charge in [-0.2, -0.15) is 0 Å². The molecule has 0 amide bonds. The Morgan fingerprint density at radius 2 is 0.449 bits per heavy atom. The molecule has 0 spiro atoms. The quantitative estimate of drug-likeness (QED) is 0.265. The first-order valence-electron chi connectivity index (χ1n) is 18.5. The monoisotopic (exact) mass is 735 g/mol. The molecule has 0 fully saturated rings. The average molecular weight is 735 g/mol. The second-order valence-corrected chi connectivity index (χ2v) is 39.1. The molecule has 0 atom stereocenters. The molecular formula is C38H78N6O2Si3. The molecule has 3 rings (SSSR count). The minimum Gasteiger partial charge on any atom is -0.378 e. The van der Waals surface area contributed by atoms with Crippen molar-refractivity contribution in [3.63, 3.8) is 0 Å². The van der Waals surface area contributed by atoms with E-state index in [1.165, 1.54) is 0 Å². The lowest BCUT2D eigenvalue weighted by atomic mass is 10.1. The molecule has 0 aliphatic carbocycles. The van der Waals surface area contributed by atoms with Crippen molar-refractivity contribution in [1.29, 1.82) is 0 Å². The third-order valence-corrected chi connectivity index (χ3v) is 39.5. The first-order valence-corrected chi connectivity index (χ1v) is 26.0. The van der Waals surface area contributed by atoms with Crippen LogP contribution in [0.3, 0.4) is 0 Å². The molecule has 11 heteroatoms. The zero-order chi connectivity index (χ0) is 38.6. The Hall–Kier alpha value is -1.41. The van der Waals surface area contributed by atoms with E-state index in [2.05, 4.69) is 231 Å². The van der Waals surface area contributed by atoms with E-state index in [4.69, 9.17) is 8.85 Å². The highest BCUT2D eigenvalue weighted by molar-refractivity contribution is 7.63. The van der Waals surface area contributed by atoms with Crippen molar-refractivity contribution in [3.8, 4) is 0 Å². The van der Waals surface area contributed by atoms with Crippen LogP contribution in [0.25, 0.3) is 0 Å². The summed E-state index contributed by atoms with van der Waals surface area (Å²) < 4.78 is 33.2. The van der Waals surface area contributed by atoms with Crippen molar-refractivity contribution < 1.29 is 8.85 Å².